The Labute approximate surface area is 125 Å². The molecule has 0 spiro atoms. The van der Waals surface area contributed by atoms with Gasteiger partial charge in [0, 0.05) is 7.05 Å². The molecule has 0 bridgehead atoms. The standard InChI is InChI=1S/C11H18N6O5/c1-16-7(6(14)4(13)2-12)10(21)17(15)11-9(20)8(19)5(3-18)22-11/h5,8-9,11,18-20H,3,13-15H2,1H3. The summed E-state index contributed by atoms with van der Waals surface area (Å²) < 4.78 is 5.10. The van der Waals surface area contributed by atoms with Crippen molar-refractivity contribution in [2.75, 3.05) is 13.7 Å². The Bertz CT molecular complexity index is 542. The summed E-state index contributed by atoms with van der Waals surface area (Å²) in [7, 11) is 1.23. The summed E-state index contributed by atoms with van der Waals surface area (Å²) in [5.74, 6) is 4.59. The number of hydrogen-bond donors (Lipinski definition) is 6. The summed E-state index contributed by atoms with van der Waals surface area (Å²) in [5.41, 5.74) is 9.66. The minimum Gasteiger partial charge on any atom is -0.395 e. The van der Waals surface area contributed by atoms with Crippen LogP contribution in [0.1, 0.15) is 0 Å². The third-order valence-corrected chi connectivity index (χ3v) is 3.12. The lowest BCUT2D eigenvalue weighted by molar-refractivity contribution is -0.146. The van der Waals surface area contributed by atoms with Crippen LogP contribution in [0.5, 0.6) is 0 Å². The zero-order chi connectivity index (χ0) is 17.0. The number of carbonyl (C=O) groups is 1. The largest absolute Gasteiger partial charge is 0.395 e. The highest BCUT2D eigenvalue weighted by Gasteiger charge is 2.46. The number of aliphatic hydroxyl groups excluding tert-OH is 3. The zero-order valence-electron chi connectivity index (χ0n) is 11.7. The van der Waals surface area contributed by atoms with Gasteiger partial charge in [0.1, 0.15) is 35.8 Å². The van der Waals surface area contributed by atoms with E-state index in [0.29, 0.717) is 5.01 Å². The molecule has 0 saturated carbocycles. The summed E-state index contributed by atoms with van der Waals surface area (Å²) in [6, 6.07) is 1.56. The first kappa shape index (κ1) is 17.8. The molecule has 1 aliphatic rings. The summed E-state index contributed by atoms with van der Waals surface area (Å²) in [5, 5.41) is 37.6. The molecule has 0 radical (unpaired) electrons. The van der Waals surface area contributed by atoms with Gasteiger partial charge in [-0.25, -0.2) is 10.9 Å². The minimum absolute atomic E-state index is 0.378. The molecule has 22 heavy (non-hydrogen) atoms. The van der Waals surface area contributed by atoms with Gasteiger partial charge in [0.2, 0.25) is 0 Å². The fourth-order valence-electron chi connectivity index (χ4n) is 1.87. The van der Waals surface area contributed by atoms with Crippen LogP contribution in [-0.4, -0.2) is 70.1 Å². The maximum Gasteiger partial charge on any atom is 0.290 e. The first-order valence-corrected chi connectivity index (χ1v) is 6.13. The number of aliphatic hydroxyl groups is 3. The highest BCUT2D eigenvalue weighted by atomic mass is 16.6. The van der Waals surface area contributed by atoms with E-state index in [1.807, 2.05) is 0 Å². The van der Waals surface area contributed by atoms with Crippen molar-refractivity contribution in [2.45, 2.75) is 24.5 Å². The van der Waals surface area contributed by atoms with Gasteiger partial charge < -0.3 is 31.5 Å². The third kappa shape index (κ3) is 3.16. The minimum atomic E-state index is -1.54. The molecule has 1 saturated heterocycles. The Morgan fingerprint density at radius 3 is 2.41 bits per heavy atom. The summed E-state index contributed by atoms with van der Waals surface area (Å²) in [6.45, 7) is -0.575. The highest BCUT2D eigenvalue weighted by molar-refractivity contribution is 6.45. The molecular formula is C11H18N6O5. The molecule has 1 aliphatic heterocycles. The lowest BCUT2D eigenvalue weighted by atomic mass is 10.1. The van der Waals surface area contributed by atoms with Gasteiger partial charge in [0.25, 0.3) is 5.91 Å². The fraction of sp³-hybridized carbons (Fsp3) is 0.545. The van der Waals surface area contributed by atoms with E-state index < -0.39 is 48.5 Å². The van der Waals surface area contributed by atoms with E-state index in [1.165, 1.54) is 7.05 Å². The van der Waals surface area contributed by atoms with Crippen LogP contribution in [0.4, 0.5) is 0 Å². The van der Waals surface area contributed by atoms with Crippen LogP contribution >= 0.6 is 0 Å². The summed E-state index contributed by atoms with van der Waals surface area (Å²) in [6.07, 6.45) is -5.49. The van der Waals surface area contributed by atoms with E-state index in [-0.39, 0.29) is 5.70 Å². The smallest absolute Gasteiger partial charge is 0.290 e. The average Bonchev–Trinajstić information content (AvgIpc) is 2.81. The monoisotopic (exact) mass is 314 g/mol. The van der Waals surface area contributed by atoms with Crippen molar-refractivity contribution in [1.82, 2.24) is 5.01 Å². The predicted octanol–water partition coefficient (Wildman–Crippen LogP) is -4.15. The number of hydrazine groups is 1. The molecule has 1 heterocycles. The van der Waals surface area contributed by atoms with Crippen LogP contribution in [0.2, 0.25) is 0 Å². The number of carbonyl (C=O) groups excluding carboxylic acids is 1. The van der Waals surface area contributed by atoms with Crippen LogP contribution in [0.3, 0.4) is 0 Å². The number of rotatable bonds is 4. The van der Waals surface area contributed by atoms with Crippen LogP contribution in [0.25, 0.3) is 0 Å². The van der Waals surface area contributed by atoms with Crippen molar-refractivity contribution in [3.8, 4) is 6.07 Å². The Balaban J connectivity index is 3.01. The third-order valence-electron chi connectivity index (χ3n) is 3.12. The molecule has 4 atom stereocenters. The average molecular weight is 314 g/mol. The van der Waals surface area contributed by atoms with Gasteiger partial charge >= 0.3 is 0 Å². The van der Waals surface area contributed by atoms with Gasteiger partial charge in [-0.15, -0.1) is 0 Å². The van der Waals surface area contributed by atoms with Crippen molar-refractivity contribution in [3.63, 3.8) is 0 Å². The number of allylic oxidation sites excluding steroid dienone is 1. The molecule has 11 nitrogen and oxygen atoms in total. The van der Waals surface area contributed by atoms with Gasteiger partial charge in [-0.3, -0.25) is 9.79 Å². The molecule has 0 aromatic heterocycles. The summed E-state index contributed by atoms with van der Waals surface area (Å²) >= 11 is 0. The molecule has 0 aliphatic carbocycles. The van der Waals surface area contributed by atoms with Crippen molar-refractivity contribution in [2.24, 2.45) is 22.3 Å². The molecule has 1 amide bonds. The second-order valence-electron chi connectivity index (χ2n) is 4.45. The predicted molar refractivity (Wildman–Crippen MR) is 73.2 cm³/mol. The molecule has 4 unspecified atom stereocenters. The van der Waals surface area contributed by atoms with Crippen LogP contribution in [-0.2, 0) is 9.53 Å². The van der Waals surface area contributed by atoms with E-state index in [1.54, 1.807) is 6.07 Å². The molecule has 122 valence electrons. The molecule has 0 aromatic carbocycles. The van der Waals surface area contributed by atoms with Crippen LogP contribution in [0, 0.1) is 11.3 Å². The van der Waals surface area contributed by atoms with Crippen molar-refractivity contribution < 1.29 is 24.9 Å². The van der Waals surface area contributed by atoms with E-state index in [0.717, 1.165) is 0 Å². The van der Waals surface area contributed by atoms with Crippen LogP contribution < -0.4 is 17.3 Å². The SMILES string of the molecule is CN=C(C(=O)N(N)C1OC(CO)C(O)C1O)C(N)=C(N)C#N. The first-order valence-electron chi connectivity index (χ1n) is 6.13. The maximum absolute atomic E-state index is 12.2. The number of amides is 1. The fourth-order valence-corrected chi connectivity index (χ4v) is 1.87. The number of aliphatic imine (C=N–C) groups is 1. The number of ether oxygens (including phenoxy) is 1. The second-order valence-corrected chi connectivity index (χ2v) is 4.45. The van der Waals surface area contributed by atoms with Gasteiger partial charge in [-0.2, -0.15) is 5.26 Å². The van der Waals surface area contributed by atoms with E-state index in [4.69, 9.17) is 32.4 Å². The Morgan fingerprint density at radius 2 is 2.00 bits per heavy atom. The molecule has 1 rings (SSSR count). The Morgan fingerprint density at radius 1 is 1.41 bits per heavy atom. The van der Waals surface area contributed by atoms with Crippen LogP contribution in [0.15, 0.2) is 16.4 Å². The number of nitrogens with zero attached hydrogens (tertiary/aromatic N) is 3. The quantitative estimate of drug-likeness (QED) is 0.0977. The highest BCUT2D eigenvalue weighted by Crippen LogP contribution is 2.22. The van der Waals surface area contributed by atoms with Gasteiger partial charge in [0.05, 0.1) is 12.3 Å². The molecule has 1 fully saturated rings. The van der Waals surface area contributed by atoms with Gasteiger partial charge in [-0.05, 0) is 0 Å². The topological polar surface area (TPSA) is 204 Å². The number of nitriles is 1. The zero-order valence-corrected chi connectivity index (χ0v) is 11.7. The lowest BCUT2D eigenvalue weighted by Crippen LogP contribution is -2.54. The molecular weight excluding hydrogens is 296 g/mol. The van der Waals surface area contributed by atoms with Crippen molar-refractivity contribution in [1.29, 1.82) is 5.26 Å². The molecule has 0 aromatic rings. The van der Waals surface area contributed by atoms with Crippen molar-refractivity contribution >= 4 is 11.6 Å². The van der Waals surface area contributed by atoms with Gasteiger partial charge in [-0.1, -0.05) is 0 Å². The lowest BCUT2D eigenvalue weighted by Gasteiger charge is -2.26. The number of hydrogen-bond acceptors (Lipinski definition) is 10. The van der Waals surface area contributed by atoms with Gasteiger partial charge in [0.15, 0.2) is 6.23 Å². The van der Waals surface area contributed by atoms with E-state index >= 15 is 0 Å². The van der Waals surface area contributed by atoms with E-state index in [2.05, 4.69) is 4.99 Å². The molecule has 11 heteroatoms. The van der Waals surface area contributed by atoms with Crippen molar-refractivity contribution in [3.05, 3.63) is 11.4 Å². The Hall–Kier alpha value is -2.23. The first-order chi connectivity index (χ1) is 10.3. The molecule has 9 N–H and O–H groups in total. The van der Waals surface area contributed by atoms with E-state index in [9.17, 15) is 15.0 Å². The number of nitrogens with two attached hydrogens (primary N) is 3. The maximum atomic E-state index is 12.2. The Kier molecular flexibility index (Phi) is 5.80. The second kappa shape index (κ2) is 7.16. The summed E-state index contributed by atoms with van der Waals surface area (Å²) in [4.78, 5) is 15.8. The normalized spacial score (nSPS) is 29.7.